The molecule has 0 saturated carbocycles. The summed E-state index contributed by atoms with van der Waals surface area (Å²) in [5, 5.41) is 0. The number of carbonyl (C=O) groups excluding carboxylic acids is 2. The van der Waals surface area contributed by atoms with E-state index >= 15 is 0 Å². The van der Waals surface area contributed by atoms with Gasteiger partial charge in [-0.1, -0.05) is 36.4 Å². The summed E-state index contributed by atoms with van der Waals surface area (Å²) >= 11 is 0. The van der Waals surface area contributed by atoms with Crippen molar-refractivity contribution in [2.75, 3.05) is 0 Å². The van der Waals surface area contributed by atoms with Crippen LogP contribution in [-0.4, -0.2) is 41.5 Å². The van der Waals surface area contributed by atoms with Crippen LogP contribution in [0.2, 0.25) is 0 Å². The van der Waals surface area contributed by atoms with Crippen LogP contribution in [0.1, 0.15) is 20.7 Å². The van der Waals surface area contributed by atoms with Crippen LogP contribution >= 0.6 is 0 Å². The Kier molecular flexibility index (Phi) is 5.78. The molecule has 0 saturated heterocycles. The van der Waals surface area contributed by atoms with Crippen molar-refractivity contribution in [1.82, 2.24) is 0 Å². The average molecular weight is 250 g/mol. The van der Waals surface area contributed by atoms with E-state index in [1.807, 2.05) is 0 Å². The number of hydrogen-bond acceptors (Lipinski definition) is 3. The van der Waals surface area contributed by atoms with Crippen molar-refractivity contribution in [3.63, 3.8) is 0 Å². The van der Waals surface area contributed by atoms with Gasteiger partial charge in [0.1, 0.15) is 0 Å². The van der Waals surface area contributed by atoms with Gasteiger partial charge in [0.15, 0.2) is 0 Å². The third kappa shape index (κ3) is 3.81. The Bertz CT molecular complexity index is 474. The van der Waals surface area contributed by atoms with Gasteiger partial charge in [0.05, 0.1) is 11.1 Å². The van der Waals surface area contributed by atoms with E-state index in [9.17, 15) is 9.59 Å². The molecule has 2 aromatic carbocycles. The molecule has 86 valence electrons. The Balaban J connectivity index is 0.00000162. The minimum absolute atomic E-state index is 0. The van der Waals surface area contributed by atoms with Crippen molar-refractivity contribution < 1.29 is 14.3 Å². The van der Waals surface area contributed by atoms with E-state index in [4.69, 9.17) is 4.74 Å². The molecule has 0 aliphatic carbocycles. The zero-order chi connectivity index (χ0) is 12.1. The zero-order valence-electron chi connectivity index (χ0n) is 9.00. The molecule has 0 fully saturated rings. The van der Waals surface area contributed by atoms with Crippen molar-refractivity contribution in [1.29, 1.82) is 0 Å². The number of benzene rings is 2. The van der Waals surface area contributed by atoms with E-state index < -0.39 is 11.9 Å². The Morgan fingerprint density at radius 1 is 0.667 bits per heavy atom. The number of rotatable bonds is 2. The molecule has 0 radical (unpaired) electrons. The second-order valence-corrected chi connectivity index (χ2v) is 3.41. The van der Waals surface area contributed by atoms with Gasteiger partial charge in [-0.25, -0.2) is 9.59 Å². The van der Waals surface area contributed by atoms with Crippen LogP contribution in [0, 0.1) is 0 Å². The summed E-state index contributed by atoms with van der Waals surface area (Å²) in [4.78, 5) is 23.2. The second kappa shape index (κ2) is 7.11. The van der Waals surface area contributed by atoms with Crippen LogP contribution in [0.15, 0.2) is 60.7 Å². The normalized spacial score (nSPS) is 9.11. The Labute approximate surface area is 127 Å². The molecule has 0 aliphatic heterocycles. The van der Waals surface area contributed by atoms with E-state index in [1.54, 1.807) is 60.7 Å². The van der Waals surface area contributed by atoms with Gasteiger partial charge >= 0.3 is 41.5 Å². The third-order valence-electron chi connectivity index (χ3n) is 2.20. The fraction of sp³-hybridized carbons (Fsp3) is 0. The average Bonchev–Trinajstić information content (AvgIpc) is 2.40. The molecule has 0 heterocycles. The van der Waals surface area contributed by atoms with Crippen molar-refractivity contribution in [2.24, 2.45) is 0 Å². The molecule has 2 rings (SSSR count). The minimum atomic E-state index is -0.639. The summed E-state index contributed by atoms with van der Waals surface area (Å²) in [5.41, 5.74) is 0.716. The molecule has 0 aliphatic rings. The number of carbonyl (C=O) groups is 2. The first kappa shape index (κ1) is 14.6. The molecule has 0 atom stereocenters. The molecule has 0 spiro atoms. The number of hydrogen-bond donors (Lipinski definition) is 0. The van der Waals surface area contributed by atoms with Gasteiger partial charge in [-0.3, -0.25) is 0 Å². The summed E-state index contributed by atoms with van der Waals surface area (Å²) < 4.78 is 4.74. The van der Waals surface area contributed by atoms with Gasteiger partial charge in [0.2, 0.25) is 0 Å². The fourth-order valence-electron chi connectivity index (χ4n) is 1.35. The number of ether oxygens (including phenoxy) is 1. The van der Waals surface area contributed by atoms with E-state index in [0.29, 0.717) is 11.1 Å². The topological polar surface area (TPSA) is 43.4 Å². The van der Waals surface area contributed by atoms with Crippen LogP contribution in [0.4, 0.5) is 0 Å². The summed E-state index contributed by atoms with van der Waals surface area (Å²) in [7, 11) is 0. The van der Waals surface area contributed by atoms with Crippen molar-refractivity contribution in [3.8, 4) is 0 Å². The fourth-order valence-corrected chi connectivity index (χ4v) is 1.35. The number of esters is 2. The van der Waals surface area contributed by atoms with Gasteiger partial charge in [-0.15, -0.1) is 0 Å². The SMILES string of the molecule is O=C(OC(=O)c1ccccc1)c1ccccc1.[NaH]. The molecule has 2 aromatic rings. The molecule has 3 nitrogen and oxygen atoms in total. The van der Waals surface area contributed by atoms with Crippen LogP contribution in [-0.2, 0) is 4.74 Å². The van der Waals surface area contributed by atoms with E-state index in [0.717, 1.165) is 0 Å². The summed E-state index contributed by atoms with van der Waals surface area (Å²) in [6.07, 6.45) is 0. The van der Waals surface area contributed by atoms with E-state index in [-0.39, 0.29) is 29.6 Å². The zero-order valence-corrected chi connectivity index (χ0v) is 9.00. The maximum absolute atomic E-state index is 11.6. The van der Waals surface area contributed by atoms with Crippen LogP contribution < -0.4 is 0 Å². The molecule has 0 N–H and O–H groups in total. The third-order valence-corrected chi connectivity index (χ3v) is 2.20. The summed E-state index contributed by atoms with van der Waals surface area (Å²) in [6.45, 7) is 0. The van der Waals surface area contributed by atoms with Gasteiger partial charge < -0.3 is 4.74 Å². The van der Waals surface area contributed by atoms with Crippen molar-refractivity contribution in [3.05, 3.63) is 71.8 Å². The molecule has 0 aromatic heterocycles. The van der Waals surface area contributed by atoms with Gasteiger partial charge in [0, 0.05) is 0 Å². The summed E-state index contributed by atoms with van der Waals surface area (Å²) in [5.74, 6) is -1.28. The van der Waals surface area contributed by atoms with Crippen molar-refractivity contribution >= 4 is 41.5 Å². The maximum atomic E-state index is 11.6. The predicted octanol–water partition coefficient (Wildman–Crippen LogP) is 2.04. The first-order valence-corrected chi connectivity index (χ1v) is 5.14. The summed E-state index contributed by atoms with van der Waals surface area (Å²) in [6, 6.07) is 16.8. The molecular formula is C14H11NaO3. The van der Waals surface area contributed by atoms with E-state index in [2.05, 4.69) is 0 Å². The Morgan fingerprint density at radius 3 is 1.33 bits per heavy atom. The molecule has 0 bridgehead atoms. The van der Waals surface area contributed by atoms with E-state index in [1.165, 1.54) is 0 Å². The molecule has 0 unspecified atom stereocenters. The van der Waals surface area contributed by atoms with Crippen LogP contribution in [0.3, 0.4) is 0 Å². The van der Waals surface area contributed by atoms with Gasteiger partial charge in [-0.05, 0) is 24.3 Å². The van der Waals surface area contributed by atoms with Gasteiger partial charge in [-0.2, -0.15) is 0 Å². The quantitative estimate of drug-likeness (QED) is 0.465. The molecule has 4 heteroatoms. The van der Waals surface area contributed by atoms with Crippen LogP contribution in [0.25, 0.3) is 0 Å². The van der Waals surface area contributed by atoms with Gasteiger partial charge in [0.25, 0.3) is 0 Å². The molecular weight excluding hydrogens is 239 g/mol. The second-order valence-electron chi connectivity index (χ2n) is 3.41. The molecule has 0 amide bonds. The van der Waals surface area contributed by atoms with Crippen LogP contribution in [0.5, 0.6) is 0 Å². The standard InChI is InChI=1S/C14H10O3.Na.H/c15-13(11-7-3-1-4-8-11)17-14(16)12-9-5-2-6-10-12;;/h1-10H;;. The van der Waals surface area contributed by atoms with Crippen molar-refractivity contribution in [2.45, 2.75) is 0 Å². The monoisotopic (exact) mass is 250 g/mol. The first-order chi connectivity index (χ1) is 8.27. The predicted molar refractivity (Wildman–Crippen MR) is 69.8 cm³/mol. The Morgan fingerprint density at radius 2 is 1.00 bits per heavy atom. The Hall–Kier alpha value is -1.42. The molecule has 18 heavy (non-hydrogen) atoms. The first-order valence-electron chi connectivity index (χ1n) is 5.14.